The van der Waals surface area contributed by atoms with Gasteiger partial charge < -0.3 is 10.2 Å². The number of carbonyl (C=O) groups is 3. The minimum Gasteiger partial charge on any atom is -0.322 e. The molecule has 7 nitrogen and oxygen atoms in total. The van der Waals surface area contributed by atoms with E-state index in [0.29, 0.717) is 25.1 Å². The highest BCUT2D eigenvalue weighted by Gasteiger charge is 2.40. The van der Waals surface area contributed by atoms with Crippen LogP contribution in [0.2, 0.25) is 0 Å². The van der Waals surface area contributed by atoms with Gasteiger partial charge in [-0.1, -0.05) is 12.1 Å². The van der Waals surface area contributed by atoms with E-state index >= 15 is 0 Å². The van der Waals surface area contributed by atoms with Crippen LogP contribution in [0.3, 0.4) is 0 Å². The van der Waals surface area contributed by atoms with E-state index in [9.17, 15) is 23.2 Å². The van der Waals surface area contributed by atoms with Crippen LogP contribution in [0, 0.1) is 0 Å². The normalized spacial score (nSPS) is 24.6. The summed E-state index contributed by atoms with van der Waals surface area (Å²) in [6, 6.07) is 4.68. The van der Waals surface area contributed by atoms with Crippen LogP contribution >= 0.6 is 0 Å². The molecule has 0 aliphatic carbocycles. The molecule has 0 spiro atoms. The third-order valence-electron chi connectivity index (χ3n) is 5.98. The van der Waals surface area contributed by atoms with E-state index in [4.69, 9.17) is 0 Å². The van der Waals surface area contributed by atoms with Gasteiger partial charge in [-0.25, -0.2) is 8.78 Å². The Morgan fingerprint density at radius 3 is 2.72 bits per heavy atom. The molecule has 156 valence electrons. The number of nitrogens with one attached hydrogen (secondary N) is 2. The van der Waals surface area contributed by atoms with Gasteiger partial charge in [0, 0.05) is 37.7 Å². The lowest BCUT2D eigenvalue weighted by Gasteiger charge is -2.30. The van der Waals surface area contributed by atoms with Gasteiger partial charge in [-0.2, -0.15) is 0 Å². The summed E-state index contributed by atoms with van der Waals surface area (Å²) in [5.74, 6) is -1.04. The Morgan fingerprint density at radius 1 is 1.21 bits per heavy atom. The molecule has 3 aliphatic heterocycles. The summed E-state index contributed by atoms with van der Waals surface area (Å²) in [6.07, 6.45) is -1.14. The first-order valence-electron chi connectivity index (χ1n) is 9.92. The van der Waals surface area contributed by atoms with E-state index in [0.717, 1.165) is 24.1 Å². The highest BCUT2D eigenvalue weighted by molar-refractivity contribution is 6.05. The fourth-order valence-electron chi connectivity index (χ4n) is 4.49. The van der Waals surface area contributed by atoms with E-state index in [1.165, 1.54) is 4.90 Å². The van der Waals surface area contributed by atoms with Crippen LogP contribution in [0.15, 0.2) is 18.2 Å². The SMILES string of the molecule is O=C1CCC(N2Cc3c(CN(CC(F)F)[C@H]4CCNC4)cccc3C2=O)C(=O)N1. The van der Waals surface area contributed by atoms with Gasteiger partial charge in [-0.3, -0.25) is 24.6 Å². The molecule has 3 heterocycles. The Labute approximate surface area is 167 Å². The lowest BCUT2D eigenvalue weighted by molar-refractivity contribution is -0.136. The third-order valence-corrected chi connectivity index (χ3v) is 5.98. The summed E-state index contributed by atoms with van der Waals surface area (Å²) in [4.78, 5) is 39.8. The number of piperidine rings is 1. The first-order chi connectivity index (χ1) is 13.9. The Morgan fingerprint density at radius 2 is 2.03 bits per heavy atom. The van der Waals surface area contributed by atoms with Crippen LogP contribution in [-0.2, 0) is 22.7 Å². The van der Waals surface area contributed by atoms with Crippen molar-refractivity contribution in [2.24, 2.45) is 0 Å². The molecule has 2 atom stereocenters. The molecule has 3 aliphatic rings. The fourth-order valence-corrected chi connectivity index (χ4v) is 4.49. The Hall–Kier alpha value is -2.39. The predicted octanol–water partition coefficient (Wildman–Crippen LogP) is 0.877. The van der Waals surface area contributed by atoms with Crippen LogP contribution in [0.25, 0.3) is 0 Å². The van der Waals surface area contributed by atoms with Crippen molar-refractivity contribution in [2.75, 3.05) is 19.6 Å². The molecule has 1 unspecified atom stereocenters. The van der Waals surface area contributed by atoms with Crippen LogP contribution < -0.4 is 10.6 Å². The highest BCUT2D eigenvalue weighted by Crippen LogP contribution is 2.31. The zero-order valence-corrected chi connectivity index (χ0v) is 16.0. The largest absolute Gasteiger partial charge is 0.322 e. The summed E-state index contributed by atoms with van der Waals surface area (Å²) in [5, 5.41) is 5.50. The summed E-state index contributed by atoms with van der Waals surface area (Å²) in [6.45, 7) is 1.74. The van der Waals surface area contributed by atoms with Crippen LogP contribution in [0.4, 0.5) is 8.78 Å². The first kappa shape index (κ1) is 19.9. The number of fused-ring (bicyclic) bond motifs is 1. The molecule has 2 saturated heterocycles. The van der Waals surface area contributed by atoms with Crippen LogP contribution in [0.5, 0.6) is 0 Å². The molecule has 0 saturated carbocycles. The molecule has 3 amide bonds. The molecular weight excluding hydrogens is 382 g/mol. The molecule has 2 fully saturated rings. The quantitative estimate of drug-likeness (QED) is 0.686. The van der Waals surface area contributed by atoms with Crippen molar-refractivity contribution < 1.29 is 23.2 Å². The number of hydrogen-bond acceptors (Lipinski definition) is 5. The lowest BCUT2D eigenvalue weighted by Crippen LogP contribution is -2.52. The first-order valence-corrected chi connectivity index (χ1v) is 9.92. The molecule has 0 aromatic heterocycles. The average Bonchev–Trinajstić information content (AvgIpc) is 3.31. The number of imide groups is 1. The molecule has 0 radical (unpaired) electrons. The van der Waals surface area contributed by atoms with E-state index in [2.05, 4.69) is 10.6 Å². The number of amides is 3. The second-order valence-corrected chi connectivity index (χ2v) is 7.81. The van der Waals surface area contributed by atoms with E-state index in [-0.39, 0.29) is 37.4 Å². The maximum Gasteiger partial charge on any atom is 0.255 e. The van der Waals surface area contributed by atoms with Gasteiger partial charge in [-0.15, -0.1) is 0 Å². The maximum atomic E-state index is 13.2. The lowest BCUT2D eigenvalue weighted by atomic mass is 10.0. The molecule has 1 aromatic carbocycles. The van der Waals surface area contributed by atoms with Gasteiger partial charge in [0.25, 0.3) is 12.3 Å². The van der Waals surface area contributed by atoms with Crippen molar-refractivity contribution >= 4 is 17.7 Å². The molecule has 29 heavy (non-hydrogen) atoms. The van der Waals surface area contributed by atoms with Crippen LogP contribution in [0.1, 0.15) is 40.7 Å². The van der Waals surface area contributed by atoms with Gasteiger partial charge in [0.15, 0.2) is 0 Å². The molecule has 1 aromatic rings. The molecular formula is C20H24F2N4O3. The van der Waals surface area contributed by atoms with Crippen molar-refractivity contribution in [3.05, 3.63) is 34.9 Å². The fraction of sp³-hybridized carbons (Fsp3) is 0.550. The Balaban J connectivity index is 1.56. The maximum absolute atomic E-state index is 13.2. The van der Waals surface area contributed by atoms with Gasteiger partial charge >= 0.3 is 0 Å². The molecule has 2 N–H and O–H groups in total. The van der Waals surface area contributed by atoms with Crippen molar-refractivity contribution in [1.29, 1.82) is 0 Å². The van der Waals surface area contributed by atoms with Crippen LogP contribution in [-0.4, -0.2) is 65.7 Å². The topological polar surface area (TPSA) is 81.8 Å². The smallest absolute Gasteiger partial charge is 0.255 e. The monoisotopic (exact) mass is 406 g/mol. The summed E-state index contributed by atoms with van der Waals surface area (Å²) >= 11 is 0. The van der Waals surface area contributed by atoms with Gasteiger partial charge in [-0.05, 0) is 36.6 Å². The number of halogens is 2. The van der Waals surface area contributed by atoms with Gasteiger partial charge in [0.2, 0.25) is 11.8 Å². The minimum absolute atomic E-state index is 0.0307. The highest BCUT2D eigenvalue weighted by atomic mass is 19.3. The van der Waals surface area contributed by atoms with Gasteiger partial charge in [0.05, 0.1) is 6.54 Å². The zero-order chi connectivity index (χ0) is 20.5. The number of nitrogens with zero attached hydrogens (tertiary/aromatic N) is 2. The predicted molar refractivity (Wildman–Crippen MR) is 100 cm³/mol. The third kappa shape index (κ3) is 4.02. The van der Waals surface area contributed by atoms with Crippen molar-refractivity contribution in [1.82, 2.24) is 20.4 Å². The Kier molecular flexibility index (Phi) is 5.60. The van der Waals surface area contributed by atoms with E-state index in [1.807, 2.05) is 6.07 Å². The number of benzene rings is 1. The van der Waals surface area contributed by atoms with Gasteiger partial charge in [0.1, 0.15) is 6.04 Å². The summed E-state index contributed by atoms with van der Waals surface area (Å²) in [7, 11) is 0. The second-order valence-electron chi connectivity index (χ2n) is 7.81. The molecule has 4 rings (SSSR count). The second kappa shape index (κ2) is 8.16. The Bertz CT molecular complexity index is 826. The summed E-state index contributed by atoms with van der Waals surface area (Å²) < 4.78 is 26.3. The average molecular weight is 406 g/mol. The van der Waals surface area contributed by atoms with E-state index in [1.54, 1.807) is 17.0 Å². The standard InChI is InChI=1S/C20H24F2N4O3/c21-17(22)11-25(13-6-7-23-8-13)9-12-2-1-3-14-15(12)10-26(20(14)29)16-4-5-18(27)24-19(16)28/h1-3,13,16-17,23H,4-11H2,(H,24,27,28)/t13-,16?/m0/s1. The van der Waals surface area contributed by atoms with Crippen molar-refractivity contribution in [3.63, 3.8) is 0 Å². The van der Waals surface area contributed by atoms with E-state index < -0.39 is 18.4 Å². The number of alkyl halides is 2. The van der Waals surface area contributed by atoms with Crippen molar-refractivity contribution in [3.8, 4) is 0 Å². The number of hydrogen-bond donors (Lipinski definition) is 2. The molecule has 0 bridgehead atoms. The zero-order valence-electron chi connectivity index (χ0n) is 16.0. The molecule has 9 heteroatoms. The number of carbonyl (C=O) groups excluding carboxylic acids is 3. The van der Waals surface area contributed by atoms with Crippen molar-refractivity contribution in [2.45, 2.75) is 50.9 Å². The number of rotatable bonds is 6. The summed E-state index contributed by atoms with van der Waals surface area (Å²) in [5.41, 5.74) is 2.12. The minimum atomic E-state index is -2.44.